The van der Waals surface area contributed by atoms with E-state index in [2.05, 4.69) is 29.2 Å². The maximum atomic E-state index is 13.3. The predicted octanol–water partition coefficient (Wildman–Crippen LogP) is 5.23. The fourth-order valence-corrected chi connectivity index (χ4v) is 5.67. The second kappa shape index (κ2) is 8.62. The number of carbonyl (C=O) groups is 1. The Kier molecular flexibility index (Phi) is 5.54. The summed E-state index contributed by atoms with van der Waals surface area (Å²) in [7, 11) is 0. The van der Waals surface area contributed by atoms with E-state index in [1.165, 1.54) is 9.71 Å². The molecule has 0 saturated carbocycles. The molecule has 1 aliphatic heterocycles. The van der Waals surface area contributed by atoms with Crippen molar-refractivity contribution in [2.75, 3.05) is 19.6 Å². The molecule has 5 rings (SSSR count). The van der Waals surface area contributed by atoms with Crippen molar-refractivity contribution in [3.63, 3.8) is 0 Å². The maximum Gasteiger partial charge on any atom is 0.178 e. The molecular weight excluding hydrogens is 404 g/mol. The Labute approximate surface area is 185 Å². The molecule has 0 spiro atoms. The summed E-state index contributed by atoms with van der Waals surface area (Å²) >= 11 is 1.78. The molecule has 0 unspecified atom stereocenters. The first-order chi connectivity index (χ1) is 15.2. The lowest BCUT2D eigenvalue weighted by atomic mass is 9.98. The van der Waals surface area contributed by atoms with Crippen molar-refractivity contribution >= 4 is 38.2 Å². The molecular formula is C25H24N4OS. The van der Waals surface area contributed by atoms with Crippen LogP contribution in [0.3, 0.4) is 0 Å². The molecule has 1 aliphatic rings. The second-order valence-corrected chi connectivity index (χ2v) is 9.24. The molecule has 0 amide bonds. The number of benzene rings is 2. The normalized spacial score (nSPS) is 17.2. The van der Waals surface area contributed by atoms with E-state index in [-0.39, 0.29) is 5.78 Å². The number of nitriles is 1. The van der Waals surface area contributed by atoms with Crippen LogP contribution >= 0.6 is 11.3 Å². The summed E-state index contributed by atoms with van der Waals surface area (Å²) in [5.74, 6) is 0.535. The molecule has 4 aromatic rings. The van der Waals surface area contributed by atoms with Crippen LogP contribution in [0.4, 0.5) is 0 Å². The summed E-state index contributed by atoms with van der Waals surface area (Å²) in [6, 6.07) is 18.5. The number of nitrogens with zero attached hydrogens (tertiary/aromatic N) is 4. The van der Waals surface area contributed by atoms with Crippen LogP contribution in [0.5, 0.6) is 0 Å². The summed E-state index contributed by atoms with van der Waals surface area (Å²) < 4.78 is 3.27. The van der Waals surface area contributed by atoms with Crippen LogP contribution in [0.25, 0.3) is 21.1 Å². The van der Waals surface area contributed by atoms with Gasteiger partial charge >= 0.3 is 0 Å². The summed E-state index contributed by atoms with van der Waals surface area (Å²) in [6.45, 7) is 2.85. The fraction of sp³-hybridized carbons (Fsp3) is 0.320. The van der Waals surface area contributed by atoms with Gasteiger partial charge in [-0.3, -0.25) is 9.69 Å². The number of rotatable bonds is 6. The minimum atomic E-state index is 0.150. The van der Waals surface area contributed by atoms with Gasteiger partial charge in [0.1, 0.15) is 0 Å². The monoisotopic (exact) mass is 428 g/mol. The third kappa shape index (κ3) is 3.99. The molecule has 1 fully saturated rings. The van der Waals surface area contributed by atoms with Gasteiger partial charge in [0, 0.05) is 41.7 Å². The van der Waals surface area contributed by atoms with Gasteiger partial charge in [0.05, 0.1) is 34.3 Å². The average molecular weight is 429 g/mol. The van der Waals surface area contributed by atoms with Gasteiger partial charge in [-0.05, 0) is 37.6 Å². The maximum absolute atomic E-state index is 13.3. The fourth-order valence-electron chi connectivity index (χ4n) is 4.58. The summed E-state index contributed by atoms with van der Waals surface area (Å²) in [5.41, 5.74) is 2.85. The summed E-state index contributed by atoms with van der Waals surface area (Å²) in [5, 5.41) is 11.1. The van der Waals surface area contributed by atoms with Crippen LogP contribution in [-0.2, 0) is 6.54 Å². The van der Waals surface area contributed by atoms with Gasteiger partial charge in [0.15, 0.2) is 5.78 Å². The van der Waals surface area contributed by atoms with E-state index in [0.29, 0.717) is 25.4 Å². The van der Waals surface area contributed by atoms with E-state index in [1.807, 2.05) is 41.1 Å². The zero-order valence-electron chi connectivity index (χ0n) is 17.3. The van der Waals surface area contributed by atoms with E-state index in [4.69, 9.17) is 10.2 Å². The smallest absolute Gasteiger partial charge is 0.178 e. The molecule has 5 nitrogen and oxygen atoms in total. The molecule has 1 saturated heterocycles. The van der Waals surface area contributed by atoms with Crippen molar-refractivity contribution in [2.24, 2.45) is 0 Å². The number of fused-ring (bicyclic) bond motifs is 2. The van der Waals surface area contributed by atoms with Crippen molar-refractivity contribution in [2.45, 2.75) is 31.7 Å². The highest BCUT2D eigenvalue weighted by atomic mass is 32.1. The number of ketones is 1. The molecule has 0 aliphatic carbocycles. The van der Waals surface area contributed by atoms with Crippen molar-refractivity contribution in [3.05, 3.63) is 65.3 Å². The minimum absolute atomic E-state index is 0.150. The number of piperidine rings is 1. The third-order valence-electron chi connectivity index (χ3n) is 6.09. The Balaban J connectivity index is 1.34. The Morgan fingerprint density at radius 3 is 2.90 bits per heavy atom. The van der Waals surface area contributed by atoms with Crippen LogP contribution in [0, 0.1) is 11.3 Å². The molecule has 2 aromatic carbocycles. The highest BCUT2D eigenvalue weighted by Gasteiger charge is 2.26. The zero-order valence-corrected chi connectivity index (χ0v) is 18.1. The number of aromatic nitrogens is 2. The van der Waals surface area contributed by atoms with Crippen molar-refractivity contribution in [1.82, 2.24) is 14.5 Å². The van der Waals surface area contributed by atoms with E-state index in [9.17, 15) is 4.79 Å². The van der Waals surface area contributed by atoms with Crippen LogP contribution in [-0.4, -0.2) is 39.9 Å². The number of aryl methyl sites for hydroxylation is 1. The zero-order chi connectivity index (χ0) is 21.2. The minimum Gasteiger partial charge on any atom is -0.346 e. The lowest BCUT2D eigenvalue weighted by Crippen LogP contribution is -2.38. The molecule has 6 heteroatoms. The van der Waals surface area contributed by atoms with E-state index >= 15 is 0 Å². The number of hydrogen-bond acceptors (Lipinski definition) is 5. The lowest BCUT2D eigenvalue weighted by Gasteiger charge is -2.31. The van der Waals surface area contributed by atoms with E-state index in [0.717, 1.165) is 47.9 Å². The van der Waals surface area contributed by atoms with Gasteiger partial charge in [-0.25, -0.2) is 4.98 Å². The molecule has 156 valence electrons. The molecule has 0 radical (unpaired) electrons. The molecule has 0 N–H and O–H groups in total. The van der Waals surface area contributed by atoms with Crippen molar-refractivity contribution < 1.29 is 4.79 Å². The van der Waals surface area contributed by atoms with Gasteiger partial charge in [0.25, 0.3) is 0 Å². The largest absolute Gasteiger partial charge is 0.346 e. The Hall–Kier alpha value is -3.01. The van der Waals surface area contributed by atoms with Crippen molar-refractivity contribution in [1.29, 1.82) is 5.26 Å². The standard InChI is InChI=1S/C25H24N4OS/c26-12-6-14-29-16-20(19-8-1-3-10-22(19)29)23(30)17-28-13-5-7-18(15-28)25-27-21-9-2-4-11-24(21)31-25/h1-4,8-11,16,18H,5-7,13-15,17H2/t18-/m1/s1. The molecule has 3 heterocycles. The van der Waals surface area contributed by atoms with Crippen LogP contribution in [0.1, 0.15) is 40.5 Å². The highest BCUT2D eigenvalue weighted by molar-refractivity contribution is 7.18. The third-order valence-corrected chi connectivity index (χ3v) is 7.28. The first-order valence-corrected chi connectivity index (χ1v) is 11.6. The number of likely N-dealkylation sites (tertiary alicyclic amines) is 1. The molecule has 31 heavy (non-hydrogen) atoms. The Bertz CT molecular complexity index is 1250. The predicted molar refractivity (Wildman–Crippen MR) is 125 cm³/mol. The topological polar surface area (TPSA) is 61.9 Å². The number of para-hydroxylation sites is 2. The quantitative estimate of drug-likeness (QED) is 0.395. The number of hydrogen-bond donors (Lipinski definition) is 0. The number of thiazole rings is 1. The average Bonchev–Trinajstić information content (AvgIpc) is 3.40. The Morgan fingerprint density at radius 2 is 2.03 bits per heavy atom. The van der Waals surface area contributed by atoms with E-state index < -0.39 is 0 Å². The summed E-state index contributed by atoms with van der Waals surface area (Å²) in [6.07, 6.45) is 4.57. The van der Waals surface area contributed by atoms with Gasteiger partial charge in [-0.15, -0.1) is 11.3 Å². The van der Waals surface area contributed by atoms with Gasteiger partial charge in [-0.2, -0.15) is 5.26 Å². The van der Waals surface area contributed by atoms with Gasteiger partial charge in [-0.1, -0.05) is 30.3 Å². The molecule has 0 bridgehead atoms. The first-order valence-electron chi connectivity index (χ1n) is 10.8. The van der Waals surface area contributed by atoms with Gasteiger partial charge < -0.3 is 4.57 Å². The van der Waals surface area contributed by atoms with Crippen molar-refractivity contribution in [3.8, 4) is 6.07 Å². The first kappa shape index (κ1) is 19.9. The number of Topliss-reactive ketones (excluding diaryl/α,β-unsaturated/α-hetero) is 1. The van der Waals surface area contributed by atoms with Gasteiger partial charge in [0.2, 0.25) is 0 Å². The number of carbonyl (C=O) groups excluding carboxylic acids is 1. The Morgan fingerprint density at radius 1 is 1.19 bits per heavy atom. The summed E-state index contributed by atoms with van der Waals surface area (Å²) in [4.78, 5) is 20.4. The SMILES string of the molecule is N#CCCn1cc(C(=O)CN2CCC[C@@H](c3nc4ccccc4s3)C2)c2ccccc21. The second-order valence-electron chi connectivity index (χ2n) is 8.18. The van der Waals surface area contributed by atoms with E-state index in [1.54, 1.807) is 11.3 Å². The van der Waals surface area contributed by atoms with Crippen LogP contribution in [0.15, 0.2) is 54.7 Å². The molecule has 1 atom stereocenters. The van der Waals surface area contributed by atoms with Crippen LogP contribution in [0.2, 0.25) is 0 Å². The highest BCUT2D eigenvalue weighted by Crippen LogP contribution is 2.33. The molecule has 2 aromatic heterocycles. The van der Waals surface area contributed by atoms with Crippen LogP contribution < -0.4 is 0 Å². The lowest BCUT2D eigenvalue weighted by molar-refractivity contribution is 0.0908.